The molecule has 3 heteroatoms. The van der Waals surface area contributed by atoms with Crippen LogP contribution in [0.1, 0.15) is 30.9 Å². The van der Waals surface area contributed by atoms with E-state index in [1.54, 1.807) is 0 Å². The molecule has 2 heterocycles. The molecule has 0 aromatic carbocycles. The molecular formula is C14H18N2O. The first-order chi connectivity index (χ1) is 8.31. The third kappa shape index (κ3) is 1.65. The van der Waals surface area contributed by atoms with Crippen LogP contribution in [0.25, 0.3) is 11.0 Å². The number of nitrogens with zero attached hydrogens (tertiary/aromatic N) is 2. The van der Waals surface area contributed by atoms with Crippen LogP contribution in [0.5, 0.6) is 0 Å². The number of rotatable bonds is 2. The monoisotopic (exact) mass is 230 g/mol. The van der Waals surface area contributed by atoms with Crippen molar-refractivity contribution < 1.29 is 4.74 Å². The Morgan fingerprint density at radius 2 is 2.29 bits per heavy atom. The van der Waals surface area contributed by atoms with Gasteiger partial charge in [-0.1, -0.05) is 0 Å². The summed E-state index contributed by atoms with van der Waals surface area (Å²) in [5.74, 6) is 0. The average molecular weight is 230 g/mol. The molecule has 1 saturated carbocycles. The minimum Gasteiger partial charge on any atom is -0.379 e. The highest BCUT2D eigenvalue weighted by molar-refractivity contribution is 5.80. The molecule has 0 bridgehead atoms. The molecule has 0 radical (unpaired) electrons. The van der Waals surface area contributed by atoms with Gasteiger partial charge in [-0.3, -0.25) is 0 Å². The Morgan fingerprint density at radius 3 is 3.12 bits per heavy atom. The molecule has 1 aliphatic carbocycles. The second-order valence-electron chi connectivity index (χ2n) is 4.87. The van der Waals surface area contributed by atoms with Gasteiger partial charge in [0.05, 0.1) is 12.1 Å². The van der Waals surface area contributed by atoms with Crippen molar-refractivity contribution >= 4 is 11.0 Å². The average Bonchev–Trinajstić information content (AvgIpc) is 2.94. The Labute approximate surface area is 101 Å². The predicted molar refractivity (Wildman–Crippen MR) is 68.2 cm³/mol. The van der Waals surface area contributed by atoms with Gasteiger partial charge in [-0.2, -0.15) is 0 Å². The molecule has 1 aliphatic rings. The zero-order valence-electron chi connectivity index (χ0n) is 10.4. The van der Waals surface area contributed by atoms with Crippen molar-refractivity contribution in [2.45, 2.75) is 38.3 Å². The van der Waals surface area contributed by atoms with Gasteiger partial charge >= 0.3 is 0 Å². The third-order valence-corrected chi connectivity index (χ3v) is 3.87. The largest absolute Gasteiger partial charge is 0.379 e. The van der Waals surface area contributed by atoms with Crippen molar-refractivity contribution in [2.75, 3.05) is 7.11 Å². The summed E-state index contributed by atoms with van der Waals surface area (Å²) in [5.41, 5.74) is 2.40. The number of fused-ring (bicyclic) bond motifs is 1. The number of aryl methyl sites for hydroxylation is 1. The molecule has 0 saturated heterocycles. The second kappa shape index (κ2) is 4.15. The molecule has 2 aromatic rings. The number of methoxy groups -OCH3 is 1. The van der Waals surface area contributed by atoms with E-state index in [9.17, 15) is 0 Å². The molecule has 17 heavy (non-hydrogen) atoms. The SMILES string of the molecule is CO[C@H]1CCC[C@@H]1n1cc(C)c2cccnc21. The smallest absolute Gasteiger partial charge is 0.140 e. The molecule has 0 N–H and O–H groups in total. The lowest BCUT2D eigenvalue weighted by atomic mass is 10.2. The topological polar surface area (TPSA) is 27.1 Å². The van der Waals surface area contributed by atoms with Gasteiger partial charge < -0.3 is 9.30 Å². The van der Waals surface area contributed by atoms with Crippen LogP contribution in [0.3, 0.4) is 0 Å². The van der Waals surface area contributed by atoms with Gasteiger partial charge in [-0.25, -0.2) is 4.98 Å². The summed E-state index contributed by atoms with van der Waals surface area (Å²) in [4.78, 5) is 4.52. The number of pyridine rings is 1. The van der Waals surface area contributed by atoms with E-state index < -0.39 is 0 Å². The number of ether oxygens (including phenoxy) is 1. The van der Waals surface area contributed by atoms with Crippen molar-refractivity contribution in [3.8, 4) is 0 Å². The molecule has 3 rings (SSSR count). The first-order valence-electron chi connectivity index (χ1n) is 6.26. The fraction of sp³-hybridized carbons (Fsp3) is 0.500. The maximum Gasteiger partial charge on any atom is 0.140 e. The van der Waals surface area contributed by atoms with Crippen LogP contribution in [-0.4, -0.2) is 22.8 Å². The number of hydrogen-bond donors (Lipinski definition) is 0. The summed E-state index contributed by atoms with van der Waals surface area (Å²) in [6, 6.07) is 4.60. The van der Waals surface area contributed by atoms with E-state index in [0.717, 1.165) is 12.1 Å². The maximum absolute atomic E-state index is 5.59. The fourth-order valence-electron chi connectivity index (χ4n) is 3.00. The zero-order valence-corrected chi connectivity index (χ0v) is 10.4. The molecule has 3 nitrogen and oxygen atoms in total. The van der Waals surface area contributed by atoms with E-state index >= 15 is 0 Å². The number of hydrogen-bond acceptors (Lipinski definition) is 2. The summed E-state index contributed by atoms with van der Waals surface area (Å²) >= 11 is 0. The highest BCUT2D eigenvalue weighted by Crippen LogP contribution is 2.35. The molecule has 0 aliphatic heterocycles. The van der Waals surface area contributed by atoms with E-state index in [0.29, 0.717) is 12.1 Å². The van der Waals surface area contributed by atoms with Gasteiger partial charge in [0.25, 0.3) is 0 Å². The van der Waals surface area contributed by atoms with Crippen molar-refractivity contribution in [1.82, 2.24) is 9.55 Å². The van der Waals surface area contributed by atoms with Gasteiger partial charge in [0, 0.05) is 24.9 Å². The molecule has 0 unspecified atom stereocenters. The molecular weight excluding hydrogens is 212 g/mol. The Kier molecular flexibility index (Phi) is 2.63. The minimum absolute atomic E-state index is 0.340. The quantitative estimate of drug-likeness (QED) is 0.792. The molecule has 0 spiro atoms. The molecule has 2 atom stereocenters. The number of aromatic nitrogens is 2. The van der Waals surface area contributed by atoms with Crippen molar-refractivity contribution in [3.05, 3.63) is 30.1 Å². The predicted octanol–water partition coefficient (Wildman–Crippen LogP) is 3.08. The van der Waals surface area contributed by atoms with Gasteiger partial charge in [0.15, 0.2) is 0 Å². The van der Waals surface area contributed by atoms with Crippen LogP contribution < -0.4 is 0 Å². The highest BCUT2D eigenvalue weighted by atomic mass is 16.5. The summed E-state index contributed by atoms with van der Waals surface area (Å²) in [5, 5.41) is 1.26. The molecule has 2 aromatic heterocycles. The van der Waals surface area contributed by atoms with Crippen LogP contribution in [0, 0.1) is 6.92 Å². The van der Waals surface area contributed by atoms with Crippen LogP contribution >= 0.6 is 0 Å². The summed E-state index contributed by atoms with van der Waals surface area (Å²) < 4.78 is 7.90. The Hall–Kier alpha value is -1.35. The van der Waals surface area contributed by atoms with Gasteiger partial charge in [0.2, 0.25) is 0 Å². The lowest BCUT2D eigenvalue weighted by Gasteiger charge is -2.20. The van der Waals surface area contributed by atoms with Gasteiger partial charge in [-0.05, 0) is 43.9 Å². The molecule has 1 fully saturated rings. The maximum atomic E-state index is 5.59. The fourth-order valence-corrected chi connectivity index (χ4v) is 3.00. The molecule has 0 amide bonds. The van der Waals surface area contributed by atoms with Crippen molar-refractivity contribution in [1.29, 1.82) is 0 Å². The van der Waals surface area contributed by atoms with E-state index in [1.807, 2.05) is 19.4 Å². The molecule has 90 valence electrons. The first-order valence-corrected chi connectivity index (χ1v) is 6.26. The van der Waals surface area contributed by atoms with Crippen molar-refractivity contribution in [2.24, 2.45) is 0 Å². The lowest BCUT2D eigenvalue weighted by Crippen LogP contribution is -2.20. The summed E-state index contributed by atoms with van der Waals surface area (Å²) in [7, 11) is 1.81. The Bertz CT molecular complexity index is 532. The zero-order chi connectivity index (χ0) is 11.8. The minimum atomic E-state index is 0.340. The van der Waals surface area contributed by atoms with Crippen LogP contribution in [-0.2, 0) is 4.74 Å². The van der Waals surface area contributed by atoms with Crippen LogP contribution in [0.4, 0.5) is 0 Å². The standard InChI is InChI=1S/C14H18N2O/c1-10-9-16(12-6-3-7-13(12)17-2)14-11(10)5-4-8-15-14/h4-5,8-9,12-13H,3,6-7H2,1-2H3/t12-,13-/m0/s1. The first kappa shape index (κ1) is 10.8. The summed E-state index contributed by atoms with van der Waals surface area (Å²) in [6.45, 7) is 2.15. The van der Waals surface area contributed by atoms with Gasteiger partial charge in [-0.15, -0.1) is 0 Å². The Balaban J connectivity index is 2.11. The Morgan fingerprint density at radius 1 is 1.41 bits per heavy atom. The second-order valence-corrected chi connectivity index (χ2v) is 4.87. The highest BCUT2D eigenvalue weighted by Gasteiger charge is 2.29. The lowest BCUT2D eigenvalue weighted by molar-refractivity contribution is 0.0762. The van der Waals surface area contributed by atoms with E-state index in [-0.39, 0.29) is 0 Å². The van der Waals surface area contributed by atoms with E-state index in [4.69, 9.17) is 4.74 Å². The normalized spacial score (nSPS) is 24.6. The van der Waals surface area contributed by atoms with Crippen LogP contribution in [0.2, 0.25) is 0 Å². The van der Waals surface area contributed by atoms with Gasteiger partial charge in [0.1, 0.15) is 5.65 Å². The van der Waals surface area contributed by atoms with E-state index in [1.165, 1.54) is 23.8 Å². The summed E-state index contributed by atoms with van der Waals surface area (Å²) in [6.07, 6.45) is 8.03. The van der Waals surface area contributed by atoms with Crippen molar-refractivity contribution in [3.63, 3.8) is 0 Å². The third-order valence-electron chi connectivity index (χ3n) is 3.87. The van der Waals surface area contributed by atoms with Crippen LogP contribution in [0.15, 0.2) is 24.5 Å². The van der Waals surface area contributed by atoms with E-state index in [2.05, 4.69) is 28.7 Å².